The van der Waals surface area contributed by atoms with Crippen molar-refractivity contribution in [1.82, 2.24) is 10.6 Å². The van der Waals surface area contributed by atoms with Gasteiger partial charge in [0, 0.05) is 4.92 Å². The molecule has 1 rings (SSSR count). The second-order valence-corrected chi connectivity index (χ2v) is 2.51. The second kappa shape index (κ2) is 3.28. The van der Waals surface area contributed by atoms with Crippen LogP contribution in [0.15, 0.2) is 0 Å². The highest BCUT2D eigenvalue weighted by molar-refractivity contribution is 6.03. The van der Waals surface area contributed by atoms with Crippen LogP contribution in [0.3, 0.4) is 0 Å². The lowest BCUT2D eigenvalue weighted by Crippen LogP contribution is -2.66. The van der Waals surface area contributed by atoms with Crippen LogP contribution in [0, 0.1) is 10.1 Å². The molecule has 14 heavy (non-hydrogen) atoms. The minimum absolute atomic E-state index is 1.06. The van der Waals surface area contributed by atoms with Crippen LogP contribution in [-0.4, -0.2) is 40.0 Å². The third kappa shape index (κ3) is 1.60. The summed E-state index contributed by atoms with van der Waals surface area (Å²) in [7, 11) is 0. The van der Waals surface area contributed by atoms with Gasteiger partial charge in [0.2, 0.25) is 6.04 Å². The Balaban J connectivity index is 2.97. The van der Waals surface area contributed by atoms with Crippen LogP contribution in [0.2, 0.25) is 0 Å². The lowest BCUT2D eigenvalue weighted by molar-refractivity contribution is -0.510. The number of carbonyl (C=O) groups excluding carboxylic acids is 2. The number of carbonyl (C=O) groups is 3. The Morgan fingerprint density at radius 2 is 2.07 bits per heavy atom. The minimum Gasteiger partial charge on any atom is -0.480 e. The maximum Gasteiger partial charge on any atom is 0.334 e. The van der Waals surface area contributed by atoms with Gasteiger partial charge in [0.15, 0.2) is 0 Å². The van der Waals surface area contributed by atoms with Gasteiger partial charge in [0.25, 0.3) is 0 Å². The first-order chi connectivity index (χ1) is 6.43. The van der Waals surface area contributed by atoms with Gasteiger partial charge < -0.3 is 10.4 Å². The number of rotatable bonds is 2. The maximum atomic E-state index is 10.9. The van der Waals surface area contributed by atoms with Crippen molar-refractivity contribution in [2.75, 3.05) is 0 Å². The van der Waals surface area contributed by atoms with E-state index in [0.717, 1.165) is 0 Å². The van der Waals surface area contributed by atoms with E-state index in [1.54, 1.807) is 10.6 Å². The zero-order valence-electron chi connectivity index (χ0n) is 6.59. The van der Waals surface area contributed by atoms with Gasteiger partial charge in [-0.15, -0.1) is 0 Å². The minimum atomic E-state index is -2.00. The number of urea groups is 1. The van der Waals surface area contributed by atoms with Gasteiger partial charge in [-0.3, -0.25) is 20.2 Å². The van der Waals surface area contributed by atoms with Crippen molar-refractivity contribution in [3.05, 3.63) is 10.1 Å². The molecule has 3 N–H and O–H groups in total. The molecular weight excluding hydrogens is 198 g/mol. The highest BCUT2D eigenvalue weighted by Gasteiger charge is 2.48. The fourth-order valence-corrected chi connectivity index (χ4v) is 1.01. The van der Waals surface area contributed by atoms with Gasteiger partial charge >= 0.3 is 23.9 Å². The lowest BCUT2D eigenvalue weighted by atomic mass is 10.1. The summed E-state index contributed by atoms with van der Waals surface area (Å²) in [5.74, 6) is -2.86. The first-order valence-electron chi connectivity index (χ1n) is 3.41. The molecular formula is C5H5N3O6. The summed E-state index contributed by atoms with van der Waals surface area (Å²) in [6, 6.07) is -4.88. The Morgan fingerprint density at radius 3 is 2.50 bits per heavy atom. The van der Waals surface area contributed by atoms with Crippen molar-refractivity contribution in [2.24, 2.45) is 0 Å². The second-order valence-electron chi connectivity index (χ2n) is 2.51. The molecule has 0 aromatic rings. The van der Waals surface area contributed by atoms with E-state index < -0.39 is 34.9 Å². The summed E-state index contributed by atoms with van der Waals surface area (Å²) in [6.45, 7) is 0. The average molecular weight is 203 g/mol. The van der Waals surface area contributed by atoms with E-state index >= 15 is 0 Å². The molecule has 9 heteroatoms. The molecule has 0 spiro atoms. The van der Waals surface area contributed by atoms with Gasteiger partial charge in [-0.1, -0.05) is 0 Å². The van der Waals surface area contributed by atoms with Crippen LogP contribution in [0.5, 0.6) is 0 Å². The Morgan fingerprint density at radius 1 is 1.50 bits per heavy atom. The van der Waals surface area contributed by atoms with Crippen molar-refractivity contribution < 1.29 is 24.4 Å². The maximum absolute atomic E-state index is 10.9. The average Bonchev–Trinajstić information content (AvgIpc) is 2.01. The molecule has 0 radical (unpaired) electrons. The number of carboxylic acids is 1. The van der Waals surface area contributed by atoms with Crippen LogP contribution in [-0.2, 0) is 9.59 Å². The van der Waals surface area contributed by atoms with Crippen LogP contribution < -0.4 is 10.6 Å². The van der Waals surface area contributed by atoms with E-state index in [0.29, 0.717) is 0 Å². The Hall–Kier alpha value is -2.19. The Kier molecular flexibility index (Phi) is 2.32. The van der Waals surface area contributed by atoms with Gasteiger partial charge in [0.05, 0.1) is 0 Å². The van der Waals surface area contributed by atoms with E-state index in [9.17, 15) is 24.5 Å². The molecule has 0 aliphatic carbocycles. The standard InChI is InChI=1S/C5H5N3O6/c9-3-2(8(13)14)1(4(10)11)6-5(12)7-3/h1-2H,(H,10,11)(H2,6,7,9,12). The van der Waals surface area contributed by atoms with Gasteiger partial charge in [-0.25, -0.2) is 9.59 Å². The fourth-order valence-electron chi connectivity index (χ4n) is 1.01. The summed E-state index contributed by atoms with van der Waals surface area (Å²) in [4.78, 5) is 41.2. The molecule has 76 valence electrons. The largest absolute Gasteiger partial charge is 0.480 e. The van der Waals surface area contributed by atoms with E-state index in [-0.39, 0.29) is 0 Å². The number of hydrogen-bond acceptors (Lipinski definition) is 5. The molecule has 0 aromatic carbocycles. The number of carboxylic acid groups (broad SMARTS) is 1. The smallest absolute Gasteiger partial charge is 0.334 e. The van der Waals surface area contributed by atoms with Crippen LogP contribution in [0.1, 0.15) is 0 Å². The quantitative estimate of drug-likeness (QED) is 0.347. The molecule has 3 amide bonds. The molecule has 1 fully saturated rings. The molecule has 2 unspecified atom stereocenters. The summed E-state index contributed by atoms with van der Waals surface area (Å²) < 4.78 is 0. The van der Waals surface area contributed by atoms with Crippen LogP contribution in [0.25, 0.3) is 0 Å². The fraction of sp³-hybridized carbons (Fsp3) is 0.400. The van der Waals surface area contributed by atoms with Crippen LogP contribution >= 0.6 is 0 Å². The molecule has 2 atom stereocenters. The highest BCUT2D eigenvalue weighted by Crippen LogP contribution is 2.04. The number of nitro groups is 1. The lowest BCUT2D eigenvalue weighted by Gasteiger charge is -2.22. The molecule has 1 aliphatic heterocycles. The predicted octanol–water partition coefficient (Wildman–Crippen LogP) is -2.08. The van der Waals surface area contributed by atoms with E-state index in [1.807, 2.05) is 0 Å². The van der Waals surface area contributed by atoms with Crippen LogP contribution in [0.4, 0.5) is 4.79 Å². The SMILES string of the molecule is O=C1NC(=O)C([N+](=O)[O-])C(C(=O)O)N1. The molecule has 1 saturated heterocycles. The Labute approximate surface area is 76.2 Å². The summed E-state index contributed by atoms with van der Waals surface area (Å²) in [5, 5.41) is 22.2. The van der Waals surface area contributed by atoms with Crippen molar-refractivity contribution in [1.29, 1.82) is 0 Å². The third-order valence-electron chi connectivity index (χ3n) is 1.60. The van der Waals surface area contributed by atoms with Crippen molar-refractivity contribution >= 4 is 17.9 Å². The molecule has 1 heterocycles. The zero-order valence-corrected chi connectivity index (χ0v) is 6.59. The van der Waals surface area contributed by atoms with Gasteiger partial charge in [0.1, 0.15) is 0 Å². The van der Waals surface area contributed by atoms with Crippen molar-refractivity contribution in [2.45, 2.75) is 12.1 Å². The number of nitrogens with zero attached hydrogens (tertiary/aromatic N) is 1. The predicted molar refractivity (Wildman–Crippen MR) is 38.9 cm³/mol. The first kappa shape index (κ1) is 9.89. The van der Waals surface area contributed by atoms with E-state index in [2.05, 4.69) is 0 Å². The molecule has 1 aliphatic rings. The number of aliphatic carboxylic acids is 1. The van der Waals surface area contributed by atoms with Gasteiger partial charge in [-0.05, 0) is 0 Å². The third-order valence-corrected chi connectivity index (χ3v) is 1.60. The van der Waals surface area contributed by atoms with Gasteiger partial charge in [-0.2, -0.15) is 0 Å². The van der Waals surface area contributed by atoms with Crippen molar-refractivity contribution in [3.8, 4) is 0 Å². The highest BCUT2D eigenvalue weighted by atomic mass is 16.6. The zero-order chi connectivity index (χ0) is 10.9. The van der Waals surface area contributed by atoms with E-state index in [4.69, 9.17) is 5.11 Å². The number of amides is 3. The van der Waals surface area contributed by atoms with Crippen molar-refractivity contribution in [3.63, 3.8) is 0 Å². The molecule has 9 nitrogen and oxygen atoms in total. The molecule has 0 bridgehead atoms. The number of nitrogens with one attached hydrogen (secondary N) is 2. The topological polar surface area (TPSA) is 139 Å². The number of hydrogen-bond donors (Lipinski definition) is 3. The molecule has 0 saturated carbocycles. The first-order valence-corrected chi connectivity index (χ1v) is 3.41. The summed E-state index contributed by atoms with van der Waals surface area (Å²) in [6.07, 6.45) is 0. The summed E-state index contributed by atoms with van der Waals surface area (Å²) >= 11 is 0. The Bertz CT molecular complexity index is 325. The normalized spacial score (nSPS) is 26.3. The number of imide groups is 1. The molecule has 0 aromatic heterocycles. The van der Waals surface area contributed by atoms with E-state index in [1.165, 1.54) is 0 Å². The monoisotopic (exact) mass is 203 g/mol. The summed E-state index contributed by atoms with van der Waals surface area (Å²) in [5.41, 5.74) is 0.